The molecule has 1 amide bonds. The van der Waals surface area contributed by atoms with Crippen LogP contribution in [0.2, 0.25) is 0 Å². The zero-order valence-corrected chi connectivity index (χ0v) is 12.4. The third-order valence-electron chi connectivity index (χ3n) is 1.56. The molecule has 3 N–H and O–H groups in total. The monoisotopic (exact) mass is 370 g/mol. The maximum absolute atomic E-state index is 11.6. The maximum atomic E-state index is 11.6. The fourth-order valence-corrected chi connectivity index (χ4v) is 3.79. The van der Waals surface area contributed by atoms with E-state index in [0.717, 1.165) is 7.57 Å². The maximum Gasteiger partial charge on any atom is 0.253 e. The van der Waals surface area contributed by atoms with Crippen LogP contribution in [0.1, 0.15) is 16.8 Å². The second-order valence-electron chi connectivity index (χ2n) is 2.71. The Hall–Kier alpha value is 0.0200. The van der Waals surface area contributed by atoms with Crippen LogP contribution in [-0.4, -0.2) is 17.4 Å². The van der Waals surface area contributed by atoms with E-state index in [0.29, 0.717) is 23.5 Å². The van der Waals surface area contributed by atoms with Crippen LogP contribution in [0.4, 0.5) is 0 Å². The van der Waals surface area contributed by atoms with Gasteiger partial charge in [0.2, 0.25) is 0 Å². The highest BCUT2D eigenvalue weighted by Crippen LogP contribution is 2.31. The zero-order chi connectivity index (χ0) is 11.4. The van der Waals surface area contributed by atoms with Crippen molar-refractivity contribution in [1.29, 1.82) is 0 Å². The molecule has 1 heterocycles. The van der Waals surface area contributed by atoms with Gasteiger partial charge < -0.3 is 11.1 Å². The lowest BCUT2D eigenvalue weighted by molar-refractivity contribution is 0.0954. The Morgan fingerprint density at radius 1 is 1.60 bits per heavy atom. The molecule has 3 nitrogen and oxygen atoms in total. The van der Waals surface area contributed by atoms with E-state index >= 15 is 0 Å². The zero-order valence-electron chi connectivity index (χ0n) is 7.55. The number of rotatable bonds is 4. The van der Waals surface area contributed by atoms with Gasteiger partial charge >= 0.3 is 0 Å². The van der Waals surface area contributed by atoms with Gasteiger partial charge in [0.1, 0.15) is 0 Å². The van der Waals surface area contributed by atoms with E-state index in [2.05, 4.69) is 37.2 Å². The minimum absolute atomic E-state index is 0.125. The van der Waals surface area contributed by atoms with Crippen LogP contribution in [0, 0.1) is 0 Å². The van der Waals surface area contributed by atoms with E-state index in [1.54, 1.807) is 6.07 Å². The number of nitrogens with two attached hydrogens (primary N) is 1. The van der Waals surface area contributed by atoms with E-state index in [1.165, 1.54) is 11.3 Å². The Kier molecular flexibility index (Phi) is 5.17. The average Bonchev–Trinajstić information content (AvgIpc) is 2.44. The summed E-state index contributed by atoms with van der Waals surface area (Å²) in [5, 5.41) is 2.73. The first-order valence-electron chi connectivity index (χ1n) is 4.02. The Balaban J connectivity index is 2.54. The van der Waals surface area contributed by atoms with E-state index in [4.69, 9.17) is 18.0 Å². The quantitative estimate of drug-likeness (QED) is 0.800. The molecule has 0 bridgehead atoms. The van der Waals surface area contributed by atoms with E-state index in [1.807, 2.05) is 0 Å². The van der Waals surface area contributed by atoms with E-state index in [-0.39, 0.29) is 5.91 Å². The van der Waals surface area contributed by atoms with Crippen LogP contribution in [0.3, 0.4) is 0 Å². The normalized spacial score (nSPS) is 10.0. The molecule has 0 aliphatic carbocycles. The van der Waals surface area contributed by atoms with E-state index < -0.39 is 0 Å². The number of hydrogen-bond donors (Lipinski definition) is 2. The van der Waals surface area contributed by atoms with Gasteiger partial charge in [0.05, 0.1) is 18.1 Å². The van der Waals surface area contributed by atoms with Crippen molar-refractivity contribution in [1.82, 2.24) is 5.32 Å². The molecule has 0 spiro atoms. The molecule has 0 saturated heterocycles. The summed E-state index contributed by atoms with van der Waals surface area (Å²) in [6.07, 6.45) is 0.518. The van der Waals surface area contributed by atoms with Crippen molar-refractivity contribution >= 4 is 66.3 Å². The van der Waals surface area contributed by atoms with Gasteiger partial charge in [-0.1, -0.05) is 12.2 Å². The highest BCUT2D eigenvalue weighted by Gasteiger charge is 2.12. The fraction of sp³-hybridized carbons (Fsp3) is 0.250. The minimum Gasteiger partial charge on any atom is -0.393 e. The summed E-state index contributed by atoms with van der Waals surface area (Å²) in [4.78, 5) is 12.0. The molecule has 0 fully saturated rings. The third kappa shape index (κ3) is 4.18. The van der Waals surface area contributed by atoms with Crippen LogP contribution in [0.5, 0.6) is 0 Å². The van der Waals surface area contributed by atoms with Gasteiger partial charge in [-0.3, -0.25) is 4.79 Å². The highest BCUT2D eigenvalue weighted by molar-refractivity contribution is 9.12. The summed E-state index contributed by atoms with van der Waals surface area (Å²) in [5.41, 5.74) is 5.94. The number of halogens is 2. The molecule has 1 aromatic rings. The lowest BCUT2D eigenvalue weighted by atomic mass is 10.3. The van der Waals surface area contributed by atoms with Crippen LogP contribution in [-0.2, 0) is 0 Å². The Bertz CT molecular complexity index is 392. The largest absolute Gasteiger partial charge is 0.393 e. The van der Waals surface area contributed by atoms with Gasteiger partial charge in [-0.25, -0.2) is 0 Å². The first-order valence-corrected chi connectivity index (χ1v) is 6.83. The Morgan fingerprint density at radius 2 is 2.27 bits per heavy atom. The number of carbonyl (C=O) groups is 1. The Labute approximate surface area is 114 Å². The number of hydrogen-bond acceptors (Lipinski definition) is 3. The molecule has 1 aromatic heterocycles. The van der Waals surface area contributed by atoms with Crippen molar-refractivity contribution in [2.75, 3.05) is 6.54 Å². The minimum atomic E-state index is -0.125. The van der Waals surface area contributed by atoms with E-state index in [9.17, 15) is 4.79 Å². The van der Waals surface area contributed by atoms with Gasteiger partial charge in [-0.2, -0.15) is 0 Å². The second-order valence-corrected chi connectivity index (χ2v) is 6.98. The molecule has 82 valence electrons. The lowest BCUT2D eigenvalue weighted by Gasteiger charge is -2.02. The highest BCUT2D eigenvalue weighted by atomic mass is 79.9. The molecule has 0 aliphatic rings. The van der Waals surface area contributed by atoms with Gasteiger partial charge in [0, 0.05) is 13.0 Å². The van der Waals surface area contributed by atoms with Crippen LogP contribution in [0.25, 0.3) is 0 Å². The first kappa shape index (κ1) is 13.1. The van der Waals surface area contributed by atoms with Crippen molar-refractivity contribution in [2.45, 2.75) is 6.42 Å². The lowest BCUT2D eigenvalue weighted by Crippen LogP contribution is -2.27. The summed E-state index contributed by atoms with van der Waals surface area (Å²) >= 11 is 12.8. The molecule has 0 radical (unpaired) electrons. The first-order chi connectivity index (χ1) is 7.00. The molecule has 15 heavy (non-hydrogen) atoms. The SMILES string of the molecule is NC(=S)CCNC(=O)c1cc(Br)sc1Br. The molecule has 0 atom stereocenters. The molecule has 0 saturated carbocycles. The molecule has 0 aliphatic heterocycles. The van der Waals surface area contributed by atoms with Crippen molar-refractivity contribution in [2.24, 2.45) is 5.73 Å². The number of thiocarbonyl (C=S) groups is 1. The third-order valence-corrected chi connectivity index (χ3v) is 4.10. The van der Waals surface area contributed by atoms with Gasteiger partial charge in [0.25, 0.3) is 5.91 Å². The summed E-state index contributed by atoms with van der Waals surface area (Å²) in [5.74, 6) is -0.125. The Morgan fingerprint density at radius 3 is 2.73 bits per heavy atom. The van der Waals surface area contributed by atoms with Crippen LogP contribution >= 0.6 is 55.4 Å². The molecule has 1 rings (SSSR count). The predicted octanol–water partition coefficient (Wildman–Crippen LogP) is 2.68. The number of carbonyl (C=O) groups excluding carboxylic acids is 1. The van der Waals surface area contributed by atoms with Crippen LogP contribution < -0.4 is 11.1 Å². The molecular formula is C8H8Br2N2OS2. The summed E-state index contributed by atoms with van der Waals surface area (Å²) in [7, 11) is 0. The molecule has 0 aromatic carbocycles. The average molecular weight is 372 g/mol. The molecule has 7 heteroatoms. The predicted molar refractivity (Wildman–Crippen MR) is 73.5 cm³/mol. The van der Waals surface area contributed by atoms with Crippen molar-refractivity contribution in [3.63, 3.8) is 0 Å². The number of thiophene rings is 1. The second kappa shape index (κ2) is 5.93. The van der Waals surface area contributed by atoms with Crippen molar-refractivity contribution in [3.8, 4) is 0 Å². The fourth-order valence-electron chi connectivity index (χ4n) is 0.890. The van der Waals surface area contributed by atoms with Crippen molar-refractivity contribution in [3.05, 3.63) is 19.2 Å². The van der Waals surface area contributed by atoms with Crippen molar-refractivity contribution < 1.29 is 4.79 Å². The summed E-state index contributed by atoms with van der Waals surface area (Å²) in [6.45, 7) is 0.466. The standard InChI is InChI=1S/C8H8Br2N2OS2/c9-5-3-4(7(10)15-5)8(13)12-2-1-6(11)14/h3H,1-2H2,(H2,11,14)(H,12,13). The van der Waals surface area contributed by atoms with Gasteiger partial charge in [-0.15, -0.1) is 11.3 Å². The van der Waals surface area contributed by atoms with Crippen LogP contribution in [0.15, 0.2) is 13.6 Å². The van der Waals surface area contributed by atoms with Gasteiger partial charge in [-0.05, 0) is 37.9 Å². The summed E-state index contributed by atoms with van der Waals surface area (Å²) < 4.78 is 1.72. The number of amides is 1. The van der Waals surface area contributed by atoms with Gasteiger partial charge in [0.15, 0.2) is 0 Å². The smallest absolute Gasteiger partial charge is 0.253 e. The summed E-state index contributed by atoms with van der Waals surface area (Å²) in [6, 6.07) is 1.77. The molecule has 0 unspecified atom stereocenters. The molecular weight excluding hydrogens is 364 g/mol. The number of nitrogens with one attached hydrogen (secondary N) is 1. The topological polar surface area (TPSA) is 55.1 Å².